The zero-order valence-electron chi connectivity index (χ0n) is 18.5. The third-order valence-corrected chi connectivity index (χ3v) is 5.42. The smallest absolute Gasteiger partial charge is 0.347 e. The van der Waals surface area contributed by atoms with Gasteiger partial charge in [0.25, 0.3) is 5.69 Å². The number of carbonyl (C=O) groups excluding carboxylic acids is 1. The van der Waals surface area contributed by atoms with Gasteiger partial charge in [-0.1, -0.05) is 11.6 Å². The van der Waals surface area contributed by atoms with E-state index in [4.69, 9.17) is 11.6 Å². The van der Waals surface area contributed by atoms with Crippen LogP contribution < -0.4 is 15.4 Å². The minimum absolute atomic E-state index is 0.0421. The molecule has 2 N–H and O–H groups in total. The molecule has 13 heteroatoms. The second-order valence-electron chi connectivity index (χ2n) is 7.67. The standard InChI is InChI=1S/C23H19ClF3N7O2/c24-17-4-5-18(33-14-28-13-32-33)16(9-17)11-30-20(35)10-15-6-7-29-22(21(15)25)31-12-23(26,27)19-3-1-2-8-34(19)36/h1-9,13-14H,10-12H2,(H,29,31)(H,30,35). The van der Waals surface area contributed by atoms with E-state index in [9.17, 15) is 23.2 Å². The molecule has 9 nitrogen and oxygen atoms in total. The SMILES string of the molecule is O=C(Cc1ccnc(NCC(F)(F)c2cccc[n+]2[O-])c1F)NCc1cc(Cl)ccc1-n1cncn1. The molecule has 0 aliphatic carbocycles. The van der Waals surface area contributed by atoms with E-state index < -0.39 is 35.7 Å². The maximum Gasteiger partial charge on any atom is 0.347 e. The van der Waals surface area contributed by atoms with Gasteiger partial charge in [-0.3, -0.25) is 4.79 Å². The first-order valence-corrected chi connectivity index (χ1v) is 11.0. The van der Waals surface area contributed by atoms with E-state index in [-0.39, 0.29) is 23.3 Å². The Morgan fingerprint density at radius 1 is 1.19 bits per heavy atom. The number of alkyl halides is 2. The third-order valence-electron chi connectivity index (χ3n) is 5.18. The highest BCUT2D eigenvalue weighted by molar-refractivity contribution is 6.30. The topological polar surface area (TPSA) is 112 Å². The summed E-state index contributed by atoms with van der Waals surface area (Å²) in [7, 11) is 0. The molecule has 1 aromatic carbocycles. The Kier molecular flexibility index (Phi) is 7.34. The Hall–Kier alpha value is -4.19. The lowest BCUT2D eigenvalue weighted by Crippen LogP contribution is -2.41. The van der Waals surface area contributed by atoms with Crippen molar-refractivity contribution in [3.63, 3.8) is 0 Å². The van der Waals surface area contributed by atoms with Crippen LogP contribution in [0.25, 0.3) is 5.69 Å². The van der Waals surface area contributed by atoms with Gasteiger partial charge in [0.15, 0.2) is 17.8 Å². The molecule has 3 heterocycles. The van der Waals surface area contributed by atoms with Crippen molar-refractivity contribution in [2.75, 3.05) is 11.9 Å². The van der Waals surface area contributed by atoms with Gasteiger partial charge in [-0.15, -0.1) is 0 Å². The summed E-state index contributed by atoms with van der Waals surface area (Å²) in [5, 5.41) is 21.1. The highest BCUT2D eigenvalue weighted by Crippen LogP contribution is 2.26. The van der Waals surface area contributed by atoms with Gasteiger partial charge in [-0.25, -0.2) is 19.0 Å². The van der Waals surface area contributed by atoms with Crippen LogP contribution in [0.3, 0.4) is 0 Å². The molecule has 0 spiro atoms. The first-order valence-electron chi connectivity index (χ1n) is 10.6. The van der Waals surface area contributed by atoms with Gasteiger partial charge < -0.3 is 15.8 Å². The molecule has 0 unspecified atom stereocenters. The number of halogens is 4. The van der Waals surface area contributed by atoms with Crippen LogP contribution in [0, 0.1) is 11.0 Å². The summed E-state index contributed by atoms with van der Waals surface area (Å²) >= 11 is 6.08. The highest BCUT2D eigenvalue weighted by atomic mass is 35.5. The molecular weight excluding hydrogens is 499 g/mol. The summed E-state index contributed by atoms with van der Waals surface area (Å²) in [4.78, 5) is 20.2. The highest BCUT2D eigenvalue weighted by Gasteiger charge is 2.39. The Morgan fingerprint density at radius 3 is 2.78 bits per heavy atom. The van der Waals surface area contributed by atoms with Crippen LogP contribution in [0.2, 0.25) is 5.02 Å². The molecule has 186 valence electrons. The van der Waals surface area contributed by atoms with E-state index in [0.717, 1.165) is 12.3 Å². The third kappa shape index (κ3) is 5.71. The Balaban J connectivity index is 1.41. The van der Waals surface area contributed by atoms with Crippen LogP contribution in [0.5, 0.6) is 0 Å². The number of aromatic nitrogens is 5. The molecule has 0 atom stereocenters. The van der Waals surface area contributed by atoms with Crippen molar-refractivity contribution >= 4 is 23.3 Å². The summed E-state index contributed by atoms with van der Waals surface area (Å²) in [5.41, 5.74) is 0.462. The van der Waals surface area contributed by atoms with Gasteiger partial charge >= 0.3 is 5.92 Å². The number of nitrogens with one attached hydrogen (secondary N) is 2. The van der Waals surface area contributed by atoms with Crippen molar-refractivity contribution in [2.45, 2.75) is 18.9 Å². The number of hydrogen-bond acceptors (Lipinski definition) is 6. The molecule has 0 fully saturated rings. The van der Waals surface area contributed by atoms with Gasteiger partial charge in [-0.05, 0) is 35.9 Å². The normalized spacial score (nSPS) is 11.3. The number of amides is 1. The van der Waals surface area contributed by atoms with Gasteiger partial charge in [0.2, 0.25) is 5.91 Å². The van der Waals surface area contributed by atoms with Crippen LogP contribution in [-0.2, 0) is 23.7 Å². The van der Waals surface area contributed by atoms with Crippen molar-refractivity contribution in [1.82, 2.24) is 25.1 Å². The average molecular weight is 518 g/mol. The minimum Gasteiger partial charge on any atom is -0.618 e. The summed E-state index contributed by atoms with van der Waals surface area (Å²) in [5.74, 6) is -5.52. The number of pyridine rings is 2. The molecule has 0 saturated heterocycles. The summed E-state index contributed by atoms with van der Waals surface area (Å²) < 4.78 is 45.4. The first kappa shape index (κ1) is 24.9. The van der Waals surface area contributed by atoms with Crippen LogP contribution in [0.15, 0.2) is 67.5 Å². The molecule has 4 rings (SSSR count). The van der Waals surface area contributed by atoms with Crippen molar-refractivity contribution in [1.29, 1.82) is 0 Å². The lowest BCUT2D eigenvalue weighted by atomic mass is 10.1. The fourth-order valence-corrected chi connectivity index (χ4v) is 3.62. The summed E-state index contributed by atoms with van der Waals surface area (Å²) in [6.45, 7) is -0.996. The second kappa shape index (κ2) is 10.6. The predicted molar refractivity (Wildman–Crippen MR) is 124 cm³/mol. The molecule has 0 bridgehead atoms. The summed E-state index contributed by atoms with van der Waals surface area (Å²) in [6, 6.07) is 9.92. The summed E-state index contributed by atoms with van der Waals surface area (Å²) in [6.07, 6.45) is 4.63. The van der Waals surface area contributed by atoms with E-state index in [1.54, 1.807) is 18.2 Å². The van der Waals surface area contributed by atoms with Gasteiger partial charge in [0.1, 0.15) is 12.7 Å². The zero-order chi connectivity index (χ0) is 25.7. The second-order valence-corrected chi connectivity index (χ2v) is 8.11. The Bertz CT molecular complexity index is 1370. The molecule has 3 aromatic heterocycles. The van der Waals surface area contributed by atoms with Crippen molar-refractivity contribution < 1.29 is 22.7 Å². The fraction of sp³-hybridized carbons (Fsp3) is 0.174. The van der Waals surface area contributed by atoms with E-state index in [2.05, 4.69) is 25.7 Å². The van der Waals surface area contributed by atoms with Crippen molar-refractivity contribution in [3.05, 3.63) is 100 Å². The zero-order valence-corrected chi connectivity index (χ0v) is 19.3. The monoisotopic (exact) mass is 517 g/mol. The number of rotatable bonds is 9. The lowest BCUT2D eigenvalue weighted by Gasteiger charge is -2.17. The number of carbonyl (C=O) groups is 1. The maximum absolute atomic E-state index is 14.9. The average Bonchev–Trinajstić information content (AvgIpc) is 3.38. The molecular formula is C23H19ClF3N7O2. The number of nitrogens with zero attached hydrogens (tertiary/aromatic N) is 5. The maximum atomic E-state index is 14.9. The largest absolute Gasteiger partial charge is 0.618 e. The first-order chi connectivity index (χ1) is 17.2. The van der Waals surface area contributed by atoms with Crippen LogP contribution in [0.4, 0.5) is 19.0 Å². The Labute approximate surface area is 208 Å². The lowest BCUT2D eigenvalue weighted by molar-refractivity contribution is -0.624. The van der Waals surface area contributed by atoms with Gasteiger partial charge in [0, 0.05) is 35.5 Å². The van der Waals surface area contributed by atoms with E-state index >= 15 is 0 Å². The quantitative estimate of drug-likeness (QED) is 0.261. The molecule has 0 radical (unpaired) electrons. The van der Waals surface area contributed by atoms with Crippen LogP contribution >= 0.6 is 11.6 Å². The van der Waals surface area contributed by atoms with E-state index in [1.807, 2.05) is 0 Å². The van der Waals surface area contributed by atoms with Gasteiger partial charge in [-0.2, -0.15) is 18.6 Å². The molecule has 0 aliphatic heterocycles. The molecule has 36 heavy (non-hydrogen) atoms. The minimum atomic E-state index is -3.59. The number of hydrogen-bond donors (Lipinski definition) is 2. The van der Waals surface area contributed by atoms with E-state index in [1.165, 1.54) is 41.7 Å². The van der Waals surface area contributed by atoms with Crippen LogP contribution in [-0.4, -0.2) is 32.2 Å². The molecule has 0 saturated carbocycles. The van der Waals surface area contributed by atoms with E-state index in [0.29, 0.717) is 16.3 Å². The predicted octanol–water partition coefficient (Wildman–Crippen LogP) is 3.15. The van der Waals surface area contributed by atoms with Gasteiger partial charge in [0.05, 0.1) is 18.7 Å². The molecule has 0 aliphatic rings. The fourth-order valence-electron chi connectivity index (χ4n) is 3.42. The number of benzene rings is 1. The van der Waals surface area contributed by atoms with Crippen molar-refractivity contribution in [2.24, 2.45) is 0 Å². The molecule has 4 aromatic rings. The Morgan fingerprint density at radius 2 is 2.03 bits per heavy atom. The molecule has 1 amide bonds. The number of anilines is 1. The van der Waals surface area contributed by atoms with Crippen LogP contribution in [0.1, 0.15) is 16.8 Å². The van der Waals surface area contributed by atoms with Crippen molar-refractivity contribution in [3.8, 4) is 5.69 Å².